The van der Waals surface area contributed by atoms with Crippen molar-refractivity contribution in [2.45, 2.75) is 13.8 Å². The van der Waals surface area contributed by atoms with E-state index in [1.165, 1.54) is 31.4 Å². The fourth-order valence-electron chi connectivity index (χ4n) is 1.43. The summed E-state index contributed by atoms with van der Waals surface area (Å²) < 4.78 is 14.9. The molecule has 0 heterocycles. The SMILES string of the molecule is COCCOC(=O)c1ccc(C(=O)OCC(C)(C)CO)cc1. The normalized spacial score (nSPS) is 11.1. The van der Waals surface area contributed by atoms with Crippen LogP contribution in [0.5, 0.6) is 0 Å². The number of carbonyl (C=O) groups excluding carboxylic acids is 2. The number of hydrogen-bond donors (Lipinski definition) is 1. The van der Waals surface area contributed by atoms with Crippen LogP contribution in [-0.4, -0.2) is 50.6 Å². The first kappa shape index (κ1) is 18.1. The summed E-state index contributed by atoms with van der Waals surface area (Å²) in [6, 6.07) is 6.01. The minimum atomic E-state index is -0.499. The topological polar surface area (TPSA) is 82.1 Å². The second kappa shape index (κ2) is 8.51. The van der Waals surface area contributed by atoms with Gasteiger partial charge in [-0.3, -0.25) is 0 Å². The fraction of sp³-hybridized carbons (Fsp3) is 0.500. The van der Waals surface area contributed by atoms with Gasteiger partial charge in [0.05, 0.1) is 30.9 Å². The van der Waals surface area contributed by atoms with E-state index in [-0.39, 0.29) is 19.8 Å². The van der Waals surface area contributed by atoms with Gasteiger partial charge in [-0.05, 0) is 24.3 Å². The van der Waals surface area contributed by atoms with E-state index in [4.69, 9.17) is 19.3 Å². The Kier molecular flexibility index (Phi) is 7.01. The molecule has 1 rings (SSSR count). The van der Waals surface area contributed by atoms with Gasteiger partial charge < -0.3 is 19.3 Å². The second-order valence-electron chi connectivity index (χ2n) is 5.60. The molecule has 0 bridgehead atoms. The summed E-state index contributed by atoms with van der Waals surface area (Å²) in [5.74, 6) is -0.973. The maximum Gasteiger partial charge on any atom is 0.338 e. The lowest BCUT2D eigenvalue weighted by atomic mass is 9.96. The summed E-state index contributed by atoms with van der Waals surface area (Å²) in [7, 11) is 1.52. The summed E-state index contributed by atoms with van der Waals surface area (Å²) in [5.41, 5.74) is 0.200. The van der Waals surface area contributed by atoms with Crippen molar-refractivity contribution < 1.29 is 28.9 Å². The van der Waals surface area contributed by atoms with E-state index in [0.717, 1.165) is 0 Å². The van der Waals surface area contributed by atoms with Crippen molar-refractivity contribution >= 4 is 11.9 Å². The zero-order valence-corrected chi connectivity index (χ0v) is 13.1. The van der Waals surface area contributed by atoms with Gasteiger partial charge in [0.1, 0.15) is 6.61 Å². The van der Waals surface area contributed by atoms with Gasteiger partial charge in [0, 0.05) is 12.5 Å². The first-order valence-corrected chi connectivity index (χ1v) is 6.94. The molecule has 0 aliphatic rings. The largest absolute Gasteiger partial charge is 0.461 e. The highest BCUT2D eigenvalue weighted by Gasteiger charge is 2.20. The number of rotatable bonds is 8. The summed E-state index contributed by atoms with van der Waals surface area (Å²) in [4.78, 5) is 23.5. The molecule has 0 atom stereocenters. The second-order valence-corrected chi connectivity index (χ2v) is 5.60. The molecule has 22 heavy (non-hydrogen) atoms. The molecule has 0 unspecified atom stereocenters. The number of hydrogen-bond acceptors (Lipinski definition) is 6. The molecule has 6 nitrogen and oxygen atoms in total. The first-order valence-electron chi connectivity index (χ1n) is 6.94. The third-order valence-electron chi connectivity index (χ3n) is 2.90. The van der Waals surface area contributed by atoms with E-state index >= 15 is 0 Å². The highest BCUT2D eigenvalue weighted by atomic mass is 16.6. The van der Waals surface area contributed by atoms with E-state index in [0.29, 0.717) is 17.7 Å². The highest BCUT2D eigenvalue weighted by Crippen LogP contribution is 2.15. The Morgan fingerprint density at radius 2 is 1.50 bits per heavy atom. The number of aliphatic hydroxyl groups excluding tert-OH is 1. The Labute approximate surface area is 130 Å². The lowest BCUT2D eigenvalue weighted by Gasteiger charge is -2.20. The van der Waals surface area contributed by atoms with Gasteiger partial charge in [-0.1, -0.05) is 13.8 Å². The standard InChI is InChI=1S/C16H22O6/c1-16(2,10-17)11-22-15(19)13-6-4-12(5-7-13)14(18)21-9-8-20-3/h4-7,17H,8-11H2,1-3H3. The van der Waals surface area contributed by atoms with Gasteiger partial charge in [-0.15, -0.1) is 0 Å². The molecule has 0 saturated heterocycles. The average molecular weight is 310 g/mol. The number of carbonyl (C=O) groups is 2. The van der Waals surface area contributed by atoms with Crippen molar-refractivity contribution in [1.82, 2.24) is 0 Å². The third-order valence-corrected chi connectivity index (χ3v) is 2.90. The van der Waals surface area contributed by atoms with Crippen LogP contribution < -0.4 is 0 Å². The third kappa shape index (κ3) is 5.83. The fourth-order valence-corrected chi connectivity index (χ4v) is 1.43. The van der Waals surface area contributed by atoms with E-state index in [9.17, 15) is 9.59 Å². The van der Waals surface area contributed by atoms with Crippen molar-refractivity contribution in [3.63, 3.8) is 0 Å². The van der Waals surface area contributed by atoms with E-state index < -0.39 is 17.4 Å². The lowest BCUT2D eigenvalue weighted by molar-refractivity contribution is 0.0218. The van der Waals surface area contributed by atoms with Crippen molar-refractivity contribution in [3.8, 4) is 0 Å². The number of esters is 2. The number of methoxy groups -OCH3 is 1. The number of benzene rings is 1. The van der Waals surface area contributed by atoms with E-state index in [1.54, 1.807) is 13.8 Å². The quantitative estimate of drug-likeness (QED) is 0.581. The zero-order valence-electron chi connectivity index (χ0n) is 13.1. The van der Waals surface area contributed by atoms with Crippen LogP contribution in [-0.2, 0) is 14.2 Å². The summed E-state index contributed by atoms with van der Waals surface area (Å²) in [6.07, 6.45) is 0. The minimum Gasteiger partial charge on any atom is -0.461 e. The first-order chi connectivity index (χ1) is 10.4. The maximum absolute atomic E-state index is 11.9. The molecule has 0 spiro atoms. The van der Waals surface area contributed by atoms with Gasteiger partial charge in [0.2, 0.25) is 0 Å². The summed E-state index contributed by atoms with van der Waals surface area (Å²) in [6.45, 7) is 4.13. The molecule has 0 saturated carbocycles. The van der Waals surface area contributed by atoms with Crippen LogP contribution >= 0.6 is 0 Å². The Morgan fingerprint density at radius 1 is 1.00 bits per heavy atom. The monoisotopic (exact) mass is 310 g/mol. The van der Waals surface area contributed by atoms with Crippen molar-refractivity contribution in [3.05, 3.63) is 35.4 Å². The van der Waals surface area contributed by atoms with Gasteiger partial charge in [0.25, 0.3) is 0 Å². The Bertz CT molecular complexity index is 492. The lowest BCUT2D eigenvalue weighted by Crippen LogP contribution is -2.25. The Hall–Kier alpha value is -1.92. The molecule has 0 aliphatic heterocycles. The van der Waals surface area contributed by atoms with Crippen LogP contribution in [0.2, 0.25) is 0 Å². The van der Waals surface area contributed by atoms with Gasteiger partial charge in [-0.2, -0.15) is 0 Å². The van der Waals surface area contributed by atoms with Crippen molar-refractivity contribution in [2.24, 2.45) is 5.41 Å². The smallest absolute Gasteiger partial charge is 0.338 e. The van der Waals surface area contributed by atoms with Gasteiger partial charge in [-0.25, -0.2) is 9.59 Å². The van der Waals surface area contributed by atoms with E-state index in [2.05, 4.69) is 0 Å². The van der Waals surface area contributed by atoms with Gasteiger partial charge in [0.15, 0.2) is 0 Å². The molecular weight excluding hydrogens is 288 g/mol. The maximum atomic E-state index is 11.9. The number of aliphatic hydroxyl groups is 1. The van der Waals surface area contributed by atoms with Crippen LogP contribution in [0.4, 0.5) is 0 Å². The summed E-state index contributed by atoms with van der Waals surface area (Å²) in [5, 5.41) is 9.11. The van der Waals surface area contributed by atoms with Gasteiger partial charge >= 0.3 is 11.9 Å². The molecule has 0 fully saturated rings. The van der Waals surface area contributed by atoms with Crippen LogP contribution in [0.3, 0.4) is 0 Å². The molecule has 0 radical (unpaired) electrons. The molecule has 0 aliphatic carbocycles. The Balaban J connectivity index is 2.57. The minimum absolute atomic E-state index is 0.0769. The van der Waals surface area contributed by atoms with Crippen LogP contribution in [0.15, 0.2) is 24.3 Å². The molecule has 1 aromatic carbocycles. The predicted molar refractivity (Wildman–Crippen MR) is 79.7 cm³/mol. The molecule has 122 valence electrons. The van der Waals surface area contributed by atoms with E-state index in [1.807, 2.05) is 0 Å². The average Bonchev–Trinajstić information content (AvgIpc) is 2.53. The molecule has 6 heteroatoms. The molecule has 0 amide bonds. The molecular formula is C16H22O6. The number of ether oxygens (including phenoxy) is 3. The zero-order chi connectivity index (χ0) is 16.6. The molecule has 1 aromatic rings. The van der Waals surface area contributed by atoms with Crippen molar-refractivity contribution in [1.29, 1.82) is 0 Å². The van der Waals surface area contributed by atoms with Crippen molar-refractivity contribution in [2.75, 3.05) is 33.5 Å². The summed E-state index contributed by atoms with van der Waals surface area (Å²) >= 11 is 0. The molecule has 1 N–H and O–H groups in total. The molecule has 0 aromatic heterocycles. The Morgan fingerprint density at radius 3 is 1.95 bits per heavy atom. The van der Waals surface area contributed by atoms with Crippen LogP contribution in [0.1, 0.15) is 34.6 Å². The highest BCUT2D eigenvalue weighted by molar-refractivity contribution is 5.93. The predicted octanol–water partition coefficient (Wildman–Crippen LogP) is 1.67. The van der Waals surface area contributed by atoms with Crippen LogP contribution in [0.25, 0.3) is 0 Å². The van der Waals surface area contributed by atoms with Crippen LogP contribution in [0, 0.1) is 5.41 Å².